The quantitative estimate of drug-likeness (QED) is 0.116. The highest BCUT2D eigenvalue weighted by atomic mass is 15.1. The van der Waals surface area contributed by atoms with Crippen molar-refractivity contribution >= 4 is 55.7 Å². The van der Waals surface area contributed by atoms with Crippen molar-refractivity contribution in [2.24, 2.45) is 0 Å². The van der Waals surface area contributed by atoms with Gasteiger partial charge < -0.3 is 9.80 Å². The molecule has 1 aliphatic carbocycles. The van der Waals surface area contributed by atoms with Crippen LogP contribution in [0, 0.1) is 6.92 Å². The van der Waals surface area contributed by atoms with Crippen LogP contribution in [0.2, 0.25) is 0 Å². The molecule has 0 spiro atoms. The van der Waals surface area contributed by atoms with Crippen molar-refractivity contribution in [2.45, 2.75) is 64.7 Å². The fraction of sp³-hybridized carbons (Fsp3) is 0.185. The SMILES string of the molecule is CCCCC1(CCCC)c2cc(N(c3ccccc3)c3cccc(C)c3)ccc2-c2ccc(N(c3ccccc3)c3cccc4cc5ccccc5cc34)cc21. The number of aryl methyl sites for hydroxylation is 1. The summed E-state index contributed by atoms with van der Waals surface area (Å²) < 4.78 is 0. The average Bonchev–Trinajstić information content (AvgIpc) is 3.50. The molecule has 56 heavy (non-hydrogen) atoms. The van der Waals surface area contributed by atoms with Gasteiger partial charge in [-0.3, -0.25) is 0 Å². The van der Waals surface area contributed by atoms with Gasteiger partial charge in [-0.2, -0.15) is 0 Å². The summed E-state index contributed by atoms with van der Waals surface area (Å²) in [7, 11) is 0. The fourth-order valence-corrected chi connectivity index (χ4v) is 9.31. The Hall–Kier alpha value is -6.12. The van der Waals surface area contributed by atoms with Crippen LogP contribution in [0.15, 0.2) is 176 Å². The molecule has 8 aromatic carbocycles. The molecule has 0 bridgehead atoms. The van der Waals surface area contributed by atoms with E-state index in [1.807, 2.05) is 0 Å². The van der Waals surface area contributed by atoms with Gasteiger partial charge in [0.05, 0.1) is 5.69 Å². The van der Waals surface area contributed by atoms with E-state index in [2.05, 4.69) is 206 Å². The van der Waals surface area contributed by atoms with Crippen molar-refractivity contribution < 1.29 is 0 Å². The van der Waals surface area contributed by atoms with Crippen molar-refractivity contribution in [3.63, 3.8) is 0 Å². The maximum Gasteiger partial charge on any atom is 0.0540 e. The number of hydrogen-bond donors (Lipinski definition) is 0. The zero-order chi connectivity index (χ0) is 38.1. The molecule has 276 valence electrons. The number of nitrogens with zero attached hydrogens (tertiary/aromatic N) is 2. The summed E-state index contributed by atoms with van der Waals surface area (Å²) in [6.07, 6.45) is 6.93. The molecular formula is C54H50N2. The van der Waals surface area contributed by atoms with E-state index in [-0.39, 0.29) is 5.41 Å². The summed E-state index contributed by atoms with van der Waals surface area (Å²) in [5.41, 5.74) is 14.0. The van der Waals surface area contributed by atoms with Crippen LogP contribution in [0.3, 0.4) is 0 Å². The first-order valence-electron chi connectivity index (χ1n) is 20.6. The zero-order valence-corrected chi connectivity index (χ0v) is 32.9. The van der Waals surface area contributed by atoms with Gasteiger partial charge in [-0.1, -0.05) is 137 Å². The minimum atomic E-state index is -0.102. The van der Waals surface area contributed by atoms with Crippen LogP contribution < -0.4 is 9.80 Å². The molecule has 0 radical (unpaired) electrons. The summed E-state index contributed by atoms with van der Waals surface area (Å²) in [6, 6.07) is 65.5. The Morgan fingerprint density at radius 1 is 0.411 bits per heavy atom. The molecule has 0 N–H and O–H groups in total. The molecule has 0 aliphatic heterocycles. The number of para-hydroxylation sites is 2. The Bertz CT molecular complexity index is 2630. The Morgan fingerprint density at radius 3 is 1.52 bits per heavy atom. The van der Waals surface area contributed by atoms with E-state index in [1.54, 1.807) is 0 Å². The lowest BCUT2D eigenvalue weighted by atomic mass is 9.70. The molecule has 0 fully saturated rings. The molecule has 0 saturated carbocycles. The minimum absolute atomic E-state index is 0.102. The second-order valence-electron chi connectivity index (χ2n) is 15.6. The van der Waals surface area contributed by atoms with Crippen LogP contribution in [-0.2, 0) is 5.41 Å². The van der Waals surface area contributed by atoms with E-state index in [4.69, 9.17) is 0 Å². The second-order valence-corrected chi connectivity index (χ2v) is 15.6. The van der Waals surface area contributed by atoms with Gasteiger partial charge in [0.25, 0.3) is 0 Å². The number of benzene rings is 8. The lowest BCUT2D eigenvalue weighted by Crippen LogP contribution is -2.26. The third-order valence-corrected chi connectivity index (χ3v) is 12.0. The summed E-state index contributed by atoms with van der Waals surface area (Å²) in [4.78, 5) is 4.93. The third kappa shape index (κ3) is 6.34. The number of hydrogen-bond acceptors (Lipinski definition) is 2. The molecule has 0 saturated heterocycles. The number of unbranched alkanes of at least 4 members (excludes halogenated alkanes) is 2. The van der Waals surface area contributed by atoms with Crippen molar-refractivity contribution in [1.29, 1.82) is 0 Å². The molecule has 0 atom stereocenters. The number of rotatable bonds is 12. The van der Waals surface area contributed by atoms with Crippen molar-refractivity contribution in [3.05, 3.63) is 193 Å². The molecule has 9 rings (SSSR count). The molecule has 0 amide bonds. The summed E-state index contributed by atoms with van der Waals surface area (Å²) >= 11 is 0. The Kier molecular flexibility index (Phi) is 9.65. The summed E-state index contributed by atoms with van der Waals surface area (Å²) in [5, 5.41) is 5.03. The smallest absolute Gasteiger partial charge is 0.0540 e. The van der Waals surface area contributed by atoms with Crippen LogP contribution in [-0.4, -0.2) is 0 Å². The van der Waals surface area contributed by atoms with Crippen LogP contribution in [0.5, 0.6) is 0 Å². The first-order chi connectivity index (χ1) is 27.6. The van der Waals surface area contributed by atoms with Crippen LogP contribution >= 0.6 is 0 Å². The second kappa shape index (κ2) is 15.2. The standard InChI is InChI=1S/C54H50N2/c1-4-6-32-54(33-7-5-2)51-37-46(55(43-22-10-8-11-23-43)45-26-16-18-39(3)34-45)28-30-48(51)49-31-29-47(38-52(49)54)56(44-24-12-9-13-25-44)53-27-17-21-42-35-40-19-14-15-20-41(40)36-50(42)53/h8-31,34-38H,4-7,32-33H2,1-3H3. The third-order valence-electron chi connectivity index (χ3n) is 12.0. The predicted molar refractivity (Wildman–Crippen MR) is 241 cm³/mol. The lowest BCUT2D eigenvalue weighted by molar-refractivity contribution is 0.414. The highest BCUT2D eigenvalue weighted by molar-refractivity contribution is 6.06. The maximum absolute atomic E-state index is 2.56. The van der Waals surface area contributed by atoms with E-state index < -0.39 is 0 Å². The molecule has 0 unspecified atom stereocenters. The Labute approximate surface area is 332 Å². The van der Waals surface area contributed by atoms with Gasteiger partial charge in [0.1, 0.15) is 0 Å². The molecule has 2 nitrogen and oxygen atoms in total. The maximum atomic E-state index is 2.56. The topological polar surface area (TPSA) is 6.48 Å². The first kappa shape index (κ1) is 35.6. The minimum Gasteiger partial charge on any atom is -0.310 e. The van der Waals surface area contributed by atoms with Gasteiger partial charge in [-0.05, 0) is 143 Å². The van der Waals surface area contributed by atoms with Crippen LogP contribution in [0.1, 0.15) is 69.1 Å². The van der Waals surface area contributed by atoms with E-state index in [1.165, 1.54) is 90.6 Å². The van der Waals surface area contributed by atoms with Crippen molar-refractivity contribution in [3.8, 4) is 11.1 Å². The van der Waals surface area contributed by atoms with Gasteiger partial charge >= 0.3 is 0 Å². The van der Waals surface area contributed by atoms with Gasteiger partial charge in [-0.15, -0.1) is 0 Å². The van der Waals surface area contributed by atoms with Gasteiger partial charge in [-0.25, -0.2) is 0 Å². The first-order valence-corrected chi connectivity index (χ1v) is 20.6. The van der Waals surface area contributed by atoms with E-state index in [9.17, 15) is 0 Å². The van der Waals surface area contributed by atoms with Crippen molar-refractivity contribution in [2.75, 3.05) is 9.80 Å². The lowest BCUT2D eigenvalue weighted by Gasteiger charge is -2.35. The normalized spacial score (nSPS) is 12.8. The molecule has 2 heteroatoms. The molecular weight excluding hydrogens is 677 g/mol. The van der Waals surface area contributed by atoms with Crippen LogP contribution in [0.25, 0.3) is 32.7 Å². The van der Waals surface area contributed by atoms with Gasteiger partial charge in [0.15, 0.2) is 0 Å². The van der Waals surface area contributed by atoms with Crippen molar-refractivity contribution in [1.82, 2.24) is 0 Å². The van der Waals surface area contributed by atoms with E-state index in [0.29, 0.717) is 0 Å². The average molecular weight is 727 g/mol. The molecule has 0 heterocycles. The highest BCUT2D eigenvalue weighted by Crippen LogP contribution is 2.57. The number of anilines is 6. The molecule has 0 aromatic heterocycles. The largest absolute Gasteiger partial charge is 0.310 e. The summed E-state index contributed by atoms with van der Waals surface area (Å²) in [5.74, 6) is 0. The van der Waals surface area contributed by atoms with E-state index in [0.717, 1.165) is 31.4 Å². The molecule has 8 aromatic rings. The summed E-state index contributed by atoms with van der Waals surface area (Å²) in [6.45, 7) is 6.87. The Morgan fingerprint density at radius 2 is 0.911 bits per heavy atom. The predicted octanol–water partition coefficient (Wildman–Crippen LogP) is 15.9. The fourth-order valence-electron chi connectivity index (χ4n) is 9.31. The zero-order valence-electron chi connectivity index (χ0n) is 32.9. The monoisotopic (exact) mass is 726 g/mol. The Balaban J connectivity index is 1.25. The van der Waals surface area contributed by atoms with Gasteiger partial charge in [0.2, 0.25) is 0 Å². The van der Waals surface area contributed by atoms with Gasteiger partial charge in [0, 0.05) is 39.2 Å². The molecule has 1 aliphatic rings. The highest BCUT2D eigenvalue weighted by Gasteiger charge is 2.43. The van der Waals surface area contributed by atoms with Crippen LogP contribution in [0.4, 0.5) is 34.1 Å². The van der Waals surface area contributed by atoms with E-state index >= 15 is 0 Å². The number of fused-ring (bicyclic) bond motifs is 5.